The summed E-state index contributed by atoms with van der Waals surface area (Å²) in [4.78, 5) is 38.7. The summed E-state index contributed by atoms with van der Waals surface area (Å²) in [7, 11) is 0. The van der Waals surface area contributed by atoms with E-state index in [1.54, 1.807) is 30.3 Å². The number of aromatic nitrogens is 1. The van der Waals surface area contributed by atoms with E-state index in [4.69, 9.17) is 0 Å². The van der Waals surface area contributed by atoms with Crippen molar-refractivity contribution in [3.05, 3.63) is 107 Å². The first-order valence-corrected chi connectivity index (χ1v) is 11.5. The Morgan fingerprint density at radius 1 is 0.946 bits per heavy atom. The van der Waals surface area contributed by atoms with Gasteiger partial charge < -0.3 is 15.2 Å². The number of benzene rings is 3. The summed E-state index contributed by atoms with van der Waals surface area (Å²) in [6.45, 7) is 1.56. The maximum Gasteiger partial charge on any atom is 0.329 e. The molecule has 186 valence electrons. The molecule has 3 aromatic carbocycles. The van der Waals surface area contributed by atoms with Crippen LogP contribution in [-0.4, -0.2) is 33.9 Å². The summed E-state index contributed by atoms with van der Waals surface area (Å²) >= 11 is 0. The molecule has 0 saturated carbocycles. The summed E-state index contributed by atoms with van der Waals surface area (Å²) in [5.74, 6) is -2.34. The number of halogens is 2. The maximum atomic E-state index is 14.4. The van der Waals surface area contributed by atoms with Crippen LogP contribution in [0.5, 0.6) is 0 Å². The summed E-state index contributed by atoms with van der Waals surface area (Å²) < 4.78 is 30.2. The fourth-order valence-corrected chi connectivity index (χ4v) is 4.40. The summed E-state index contributed by atoms with van der Waals surface area (Å²) in [6, 6.07) is 18.9. The van der Waals surface area contributed by atoms with Gasteiger partial charge in [-0.1, -0.05) is 48.5 Å². The van der Waals surface area contributed by atoms with Gasteiger partial charge in [-0.05, 0) is 37.3 Å². The second-order valence-corrected chi connectivity index (χ2v) is 8.60. The van der Waals surface area contributed by atoms with Crippen LogP contribution in [0.15, 0.2) is 78.5 Å². The van der Waals surface area contributed by atoms with Crippen molar-refractivity contribution < 1.29 is 23.2 Å². The van der Waals surface area contributed by atoms with Crippen LogP contribution in [0.2, 0.25) is 0 Å². The average molecular weight is 501 g/mol. The fourth-order valence-electron chi connectivity index (χ4n) is 4.40. The predicted octanol–water partition coefficient (Wildman–Crippen LogP) is 4.81. The van der Waals surface area contributed by atoms with E-state index in [9.17, 15) is 23.2 Å². The highest BCUT2D eigenvalue weighted by Crippen LogP contribution is 2.30. The molecule has 0 aliphatic carbocycles. The fraction of sp³-hybridized carbons (Fsp3) is 0.107. The lowest BCUT2D eigenvalue weighted by Crippen LogP contribution is -2.38. The second-order valence-electron chi connectivity index (χ2n) is 8.60. The Kier molecular flexibility index (Phi) is 6.27. The molecule has 1 aromatic heterocycles. The molecule has 4 amide bonds. The molecule has 9 heteroatoms. The Labute approximate surface area is 211 Å². The van der Waals surface area contributed by atoms with E-state index in [1.807, 2.05) is 35.8 Å². The number of anilines is 1. The normalized spacial score (nSPS) is 14.5. The van der Waals surface area contributed by atoms with Gasteiger partial charge in [0.05, 0.1) is 12.2 Å². The van der Waals surface area contributed by atoms with Crippen molar-refractivity contribution in [1.82, 2.24) is 14.8 Å². The van der Waals surface area contributed by atoms with Crippen LogP contribution in [0, 0.1) is 18.6 Å². The molecule has 2 heterocycles. The SMILES string of the molecule is Cc1c(/C=C2/NC(=O)N(CC(=O)Nc3ccccc3F)C2=O)c2ccccc2n1Cc1ccccc1F. The number of carbonyl (C=O) groups excluding carboxylic acids is 3. The van der Waals surface area contributed by atoms with E-state index in [0.29, 0.717) is 11.1 Å². The first kappa shape index (κ1) is 23.9. The molecule has 1 saturated heterocycles. The number of urea groups is 1. The zero-order valence-corrected chi connectivity index (χ0v) is 19.8. The van der Waals surface area contributed by atoms with Crippen molar-refractivity contribution in [3.63, 3.8) is 0 Å². The molecule has 0 unspecified atom stereocenters. The molecule has 0 radical (unpaired) electrons. The van der Waals surface area contributed by atoms with Gasteiger partial charge in [0.25, 0.3) is 5.91 Å². The number of para-hydroxylation sites is 2. The van der Waals surface area contributed by atoms with Crippen LogP contribution in [0.4, 0.5) is 19.3 Å². The lowest BCUT2D eigenvalue weighted by atomic mass is 10.1. The number of carbonyl (C=O) groups is 3. The quantitative estimate of drug-likeness (QED) is 0.295. The van der Waals surface area contributed by atoms with Gasteiger partial charge in [0.2, 0.25) is 5.91 Å². The number of amides is 4. The van der Waals surface area contributed by atoms with Crippen LogP contribution >= 0.6 is 0 Å². The molecule has 1 aliphatic rings. The molecular formula is C28H22F2N4O3. The molecule has 37 heavy (non-hydrogen) atoms. The maximum absolute atomic E-state index is 14.4. The average Bonchev–Trinajstić information content (AvgIpc) is 3.30. The van der Waals surface area contributed by atoms with Gasteiger partial charge in [-0.25, -0.2) is 18.5 Å². The van der Waals surface area contributed by atoms with Crippen LogP contribution in [0.25, 0.3) is 17.0 Å². The third-order valence-corrected chi connectivity index (χ3v) is 6.27. The Hall–Kier alpha value is -4.79. The minimum atomic E-state index is -0.757. The lowest BCUT2D eigenvalue weighted by molar-refractivity contribution is -0.127. The van der Waals surface area contributed by atoms with Crippen molar-refractivity contribution in [2.24, 2.45) is 0 Å². The predicted molar refractivity (Wildman–Crippen MR) is 135 cm³/mol. The van der Waals surface area contributed by atoms with Crippen LogP contribution in [-0.2, 0) is 16.1 Å². The number of hydrogen-bond acceptors (Lipinski definition) is 3. The largest absolute Gasteiger partial charge is 0.340 e. The topological polar surface area (TPSA) is 83.4 Å². The van der Waals surface area contributed by atoms with E-state index in [2.05, 4.69) is 10.6 Å². The van der Waals surface area contributed by atoms with Crippen molar-refractivity contribution in [2.75, 3.05) is 11.9 Å². The molecule has 1 fully saturated rings. The first-order chi connectivity index (χ1) is 17.8. The molecule has 2 N–H and O–H groups in total. The van der Waals surface area contributed by atoms with E-state index < -0.39 is 30.2 Å². The molecule has 0 spiro atoms. The van der Waals surface area contributed by atoms with Crippen LogP contribution in [0.1, 0.15) is 16.8 Å². The van der Waals surface area contributed by atoms with Gasteiger partial charge >= 0.3 is 6.03 Å². The highest BCUT2D eigenvalue weighted by Gasteiger charge is 2.35. The van der Waals surface area contributed by atoms with Gasteiger partial charge in [-0.3, -0.25) is 9.59 Å². The van der Waals surface area contributed by atoms with Gasteiger partial charge in [-0.2, -0.15) is 0 Å². The number of imide groups is 1. The number of nitrogens with one attached hydrogen (secondary N) is 2. The number of rotatable bonds is 6. The van der Waals surface area contributed by atoms with E-state index >= 15 is 0 Å². The van der Waals surface area contributed by atoms with Crippen molar-refractivity contribution in [3.8, 4) is 0 Å². The van der Waals surface area contributed by atoms with Gasteiger partial charge in [0, 0.05) is 27.7 Å². The van der Waals surface area contributed by atoms with Crippen molar-refractivity contribution >= 4 is 40.5 Å². The number of fused-ring (bicyclic) bond motifs is 1. The Morgan fingerprint density at radius 2 is 1.62 bits per heavy atom. The number of nitrogens with zero attached hydrogens (tertiary/aromatic N) is 2. The zero-order valence-electron chi connectivity index (χ0n) is 19.8. The molecule has 0 bridgehead atoms. The van der Waals surface area contributed by atoms with E-state index in [0.717, 1.165) is 21.5 Å². The second kappa shape index (κ2) is 9.69. The summed E-state index contributed by atoms with van der Waals surface area (Å²) in [5, 5.41) is 5.70. The van der Waals surface area contributed by atoms with Crippen LogP contribution in [0.3, 0.4) is 0 Å². The van der Waals surface area contributed by atoms with Crippen LogP contribution < -0.4 is 10.6 Å². The Morgan fingerprint density at radius 3 is 2.38 bits per heavy atom. The third kappa shape index (κ3) is 4.58. The number of hydrogen-bond donors (Lipinski definition) is 2. The van der Waals surface area contributed by atoms with Crippen molar-refractivity contribution in [1.29, 1.82) is 0 Å². The molecule has 7 nitrogen and oxygen atoms in total. The van der Waals surface area contributed by atoms with Gasteiger partial charge in [-0.15, -0.1) is 0 Å². The molecular weight excluding hydrogens is 478 g/mol. The van der Waals surface area contributed by atoms with Gasteiger partial charge in [0.15, 0.2) is 0 Å². The van der Waals surface area contributed by atoms with E-state index in [1.165, 1.54) is 24.3 Å². The summed E-state index contributed by atoms with van der Waals surface area (Å²) in [6.07, 6.45) is 1.56. The Balaban J connectivity index is 1.43. The molecule has 5 rings (SSSR count). The lowest BCUT2D eigenvalue weighted by Gasteiger charge is -2.12. The smallest absolute Gasteiger partial charge is 0.329 e. The van der Waals surface area contributed by atoms with E-state index in [-0.39, 0.29) is 23.7 Å². The minimum Gasteiger partial charge on any atom is -0.340 e. The molecule has 4 aromatic rings. The highest BCUT2D eigenvalue weighted by molar-refractivity contribution is 6.16. The van der Waals surface area contributed by atoms with Crippen molar-refractivity contribution in [2.45, 2.75) is 13.5 Å². The standard InChI is InChI=1S/C28H22F2N4O3/c1-17-20(19-9-3-7-13-25(19)33(17)15-18-8-2-4-10-21(18)29)14-24-27(36)34(28(37)32-24)16-26(35)31-23-12-6-5-11-22(23)30/h2-14H,15-16H2,1H3,(H,31,35)(H,32,37)/b24-14+. The highest BCUT2D eigenvalue weighted by atomic mass is 19.1. The third-order valence-electron chi connectivity index (χ3n) is 6.27. The minimum absolute atomic E-state index is 0.000543. The molecule has 1 aliphatic heterocycles. The summed E-state index contributed by atoms with van der Waals surface area (Å²) in [5.41, 5.74) is 2.77. The zero-order chi connectivity index (χ0) is 26.1. The monoisotopic (exact) mass is 500 g/mol. The Bertz CT molecular complexity index is 1590. The first-order valence-electron chi connectivity index (χ1n) is 11.5. The van der Waals surface area contributed by atoms with Gasteiger partial charge in [0.1, 0.15) is 23.9 Å². The molecule has 0 atom stereocenters.